The number of nitrogens with one attached hydrogen (secondary N) is 1. The molecule has 0 bridgehead atoms. The fraction of sp³-hybridized carbons (Fsp3) is 0.857. The Balaban J connectivity index is 1.96. The summed E-state index contributed by atoms with van der Waals surface area (Å²) in [7, 11) is 1.83. The van der Waals surface area contributed by atoms with Crippen LogP contribution in [0.3, 0.4) is 0 Å². The van der Waals surface area contributed by atoms with Gasteiger partial charge in [-0.1, -0.05) is 25.7 Å². The van der Waals surface area contributed by atoms with Crippen molar-refractivity contribution in [2.45, 2.75) is 69.4 Å². The predicted octanol–water partition coefficient (Wildman–Crippen LogP) is 2.36. The topological polar surface area (TPSA) is 69.6 Å². The van der Waals surface area contributed by atoms with Crippen LogP contribution in [0.25, 0.3) is 0 Å². The second kappa shape index (κ2) is 5.80. The van der Waals surface area contributed by atoms with Crippen LogP contribution < -0.4 is 5.32 Å². The molecule has 108 valence electrons. The lowest BCUT2D eigenvalue weighted by atomic mass is 9.93. The van der Waals surface area contributed by atoms with E-state index in [1.807, 2.05) is 7.05 Å². The molecule has 0 unspecified atom stereocenters. The van der Waals surface area contributed by atoms with E-state index in [1.165, 1.54) is 12.8 Å². The maximum absolute atomic E-state index is 12.3. The fourth-order valence-electron chi connectivity index (χ4n) is 3.46. The number of hydrogen-bond donors (Lipinski definition) is 2. The molecule has 2 N–H and O–H groups in total. The number of nitrogens with zero attached hydrogens (tertiary/aromatic N) is 1. The van der Waals surface area contributed by atoms with E-state index >= 15 is 0 Å². The highest BCUT2D eigenvalue weighted by atomic mass is 16.4. The highest BCUT2D eigenvalue weighted by molar-refractivity contribution is 5.77. The zero-order valence-electron chi connectivity index (χ0n) is 11.7. The van der Waals surface area contributed by atoms with Gasteiger partial charge in [-0.15, -0.1) is 0 Å². The molecule has 2 aliphatic carbocycles. The summed E-state index contributed by atoms with van der Waals surface area (Å²) in [6.45, 7) is 0. The summed E-state index contributed by atoms with van der Waals surface area (Å²) in [4.78, 5) is 25.1. The smallest absolute Gasteiger partial charge is 0.317 e. The summed E-state index contributed by atoms with van der Waals surface area (Å²) in [6.07, 6.45) is 8.10. The van der Waals surface area contributed by atoms with E-state index in [4.69, 9.17) is 5.11 Å². The van der Waals surface area contributed by atoms with E-state index in [1.54, 1.807) is 4.90 Å². The molecule has 5 heteroatoms. The van der Waals surface area contributed by atoms with Crippen LogP contribution in [0.15, 0.2) is 0 Å². The van der Waals surface area contributed by atoms with Gasteiger partial charge in [-0.2, -0.15) is 0 Å². The lowest BCUT2D eigenvalue weighted by Gasteiger charge is -2.33. The second-order valence-corrected chi connectivity index (χ2v) is 6.04. The van der Waals surface area contributed by atoms with Crippen LogP contribution >= 0.6 is 0 Å². The first-order valence-corrected chi connectivity index (χ1v) is 7.29. The molecule has 19 heavy (non-hydrogen) atoms. The van der Waals surface area contributed by atoms with E-state index in [-0.39, 0.29) is 12.5 Å². The first-order chi connectivity index (χ1) is 9.02. The molecule has 0 aromatic heterocycles. The molecule has 0 aliphatic heterocycles. The summed E-state index contributed by atoms with van der Waals surface area (Å²) in [5.74, 6) is -0.828. The zero-order chi connectivity index (χ0) is 13.9. The van der Waals surface area contributed by atoms with Gasteiger partial charge >= 0.3 is 12.0 Å². The highest BCUT2D eigenvalue weighted by Crippen LogP contribution is 2.33. The number of carboxylic acids is 1. The van der Waals surface area contributed by atoms with Gasteiger partial charge in [0, 0.05) is 13.1 Å². The lowest BCUT2D eigenvalue weighted by Crippen LogP contribution is -2.53. The molecule has 5 nitrogen and oxygen atoms in total. The minimum absolute atomic E-state index is 0.0389. The average molecular weight is 268 g/mol. The molecule has 0 heterocycles. The fourth-order valence-corrected chi connectivity index (χ4v) is 3.46. The molecule has 2 amide bonds. The summed E-state index contributed by atoms with van der Waals surface area (Å²) >= 11 is 0. The Morgan fingerprint density at radius 1 is 1.21 bits per heavy atom. The molecular weight excluding hydrogens is 244 g/mol. The minimum Gasteiger partial charge on any atom is -0.481 e. The van der Waals surface area contributed by atoms with Crippen molar-refractivity contribution in [3.8, 4) is 0 Å². The summed E-state index contributed by atoms with van der Waals surface area (Å²) in [6, 6.07) is 0.221. The molecule has 2 fully saturated rings. The average Bonchev–Trinajstić information content (AvgIpc) is 2.98. The van der Waals surface area contributed by atoms with Gasteiger partial charge < -0.3 is 15.3 Å². The van der Waals surface area contributed by atoms with Crippen molar-refractivity contribution in [2.75, 3.05) is 7.05 Å². The molecule has 2 rings (SSSR count). The first-order valence-electron chi connectivity index (χ1n) is 7.29. The number of urea groups is 1. The van der Waals surface area contributed by atoms with Crippen molar-refractivity contribution in [1.29, 1.82) is 0 Å². The summed E-state index contributed by atoms with van der Waals surface area (Å²) in [5, 5.41) is 12.0. The van der Waals surface area contributed by atoms with Gasteiger partial charge in [-0.25, -0.2) is 4.79 Å². The molecule has 2 saturated carbocycles. The molecule has 0 spiro atoms. The van der Waals surface area contributed by atoms with Crippen molar-refractivity contribution >= 4 is 12.0 Å². The quantitative estimate of drug-likeness (QED) is 0.822. The maximum atomic E-state index is 12.3. The number of carbonyl (C=O) groups excluding carboxylic acids is 1. The number of aliphatic carboxylic acids is 1. The van der Waals surface area contributed by atoms with Crippen molar-refractivity contribution in [3.05, 3.63) is 0 Å². The maximum Gasteiger partial charge on any atom is 0.317 e. The molecule has 0 aromatic carbocycles. The van der Waals surface area contributed by atoms with Crippen LogP contribution in [0.1, 0.15) is 57.8 Å². The van der Waals surface area contributed by atoms with E-state index in [2.05, 4.69) is 5.32 Å². The largest absolute Gasteiger partial charge is 0.481 e. The molecular formula is C14H24N2O3. The number of amides is 2. The molecule has 0 saturated heterocycles. The number of hydrogen-bond acceptors (Lipinski definition) is 2. The monoisotopic (exact) mass is 268 g/mol. The molecule has 2 aliphatic rings. The lowest BCUT2D eigenvalue weighted by molar-refractivity contribution is -0.138. The zero-order valence-corrected chi connectivity index (χ0v) is 11.7. The predicted molar refractivity (Wildman–Crippen MR) is 72.0 cm³/mol. The van der Waals surface area contributed by atoms with Crippen LogP contribution in [0, 0.1) is 0 Å². The Morgan fingerprint density at radius 2 is 1.79 bits per heavy atom. The van der Waals surface area contributed by atoms with Gasteiger partial charge in [-0.05, 0) is 25.7 Å². The van der Waals surface area contributed by atoms with Crippen LogP contribution in [0.4, 0.5) is 4.79 Å². The Morgan fingerprint density at radius 3 is 2.32 bits per heavy atom. The van der Waals surface area contributed by atoms with E-state index in [0.717, 1.165) is 38.5 Å². The highest BCUT2D eigenvalue weighted by Gasteiger charge is 2.38. The van der Waals surface area contributed by atoms with Crippen molar-refractivity contribution in [1.82, 2.24) is 10.2 Å². The van der Waals surface area contributed by atoms with Crippen molar-refractivity contribution in [2.24, 2.45) is 0 Å². The molecule has 0 radical (unpaired) electrons. The van der Waals surface area contributed by atoms with Crippen molar-refractivity contribution < 1.29 is 14.7 Å². The molecule has 0 aromatic rings. The Bertz CT molecular complexity index is 345. The van der Waals surface area contributed by atoms with Gasteiger partial charge in [0.05, 0.1) is 12.0 Å². The minimum atomic E-state index is -0.828. The Hall–Kier alpha value is -1.26. The van der Waals surface area contributed by atoms with Gasteiger partial charge in [-0.3, -0.25) is 4.79 Å². The van der Waals surface area contributed by atoms with Crippen LogP contribution in [-0.4, -0.2) is 40.6 Å². The van der Waals surface area contributed by atoms with E-state index < -0.39 is 11.5 Å². The standard InChI is InChI=1S/C14H24N2O3/c1-16(11-6-2-3-7-11)13(19)15-14(10-12(17)18)8-4-5-9-14/h11H,2-10H2,1H3,(H,15,19)(H,17,18). The Kier molecular flexibility index (Phi) is 4.32. The third-order valence-electron chi connectivity index (χ3n) is 4.62. The SMILES string of the molecule is CN(C(=O)NC1(CC(=O)O)CCCC1)C1CCCC1. The third-order valence-corrected chi connectivity index (χ3v) is 4.62. The van der Waals surface area contributed by atoms with Gasteiger partial charge in [0.25, 0.3) is 0 Å². The van der Waals surface area contributed by atoms with Gasteiger partial charge in [0.15, 0.2) is 0 Å². The number of carboxylic acid groups (broad SMARTS) is 1. The van der Waals surface area contributed by atoms with Crippen LogP contribution in [0.5, 0.6) is 0 Å². The van der Waals surface area contributed by atoms with Gasteiger partial charge in [0.1, 0.15) is 0 Å². The number of rotatable bonds is 4. The molecule has 0 atom stereocenters. The van der Waals surface area contributed by atoms with Crippen molar-refractivity contribution in [3.63, 3.8) is 0 Å². The summed E-state index contributed by atoms with van der Waals surface area (Å²) < 4.78 is 0. The van der Waals surface area contributed by atoms with Crippen LogP contribution in [-0.2, 0) is 4.79 Å². The number of carbonyl (C=O) groups is 2. The second-order valence-electron chi connectivity index (χ2n) is 6.04. The van der Waals surface area contributed by atoms with E-state index in [0.29, 0.717) is 6.04 Å². The Labute approximate surface area is 114 Å². The summed E-state index contributed by atoms with van der Waals surface area (Å²) in [5.41, 5.74) is -0.518. The van der Waals surface area contributed by atoms with Gasteiger partial charge in [0.2, 0.25) is 0 Å². The van der Waals surface area contributed by atoms with E-state index in [9.17, 15) is 9.59 Å². The van der Waals surface area contributed by atoms with Crippen LogP contribution in [0.2, 0.25) is 0 Å². The first kappa shape index (κ1) is 14.2. The normalized spacial score (nSPS) is 22.4. The third kappa shape index (κ3) is 3.39.